The van der Waals surface area contributed by atoms with E-state index in [1.807, 2.05) is 12.1 Å². The normalized spacial score (nSPS) is 21.4. The number of hydrogen-bond donors (Lipinski definition) is 1. The summed E-state index contributed by atoms with van der Waals surface area (Å²) < 4.78 is 0.689. The number of aromatic nitrogens is 1. The van der Waals surface area contributed by atoms with Crippen LogP contribution in [0, 0.1) is 10.8 Å². The number of pyridine rings is 1. The Balaban J connectivity index is 2.08. The minimum Gasteiger partial charge on any atom is -0.348 e. The van der Waals surface area contributed by atoms with Crippen LogP contribution < -0.4 is 5.32 Å². The Morgan fingerprint density at radius 2 is 1.85 bits per heavy atom. The fourth-order valence-corrected chi connectivity index (χ4v) is 4.09. The van der Waals surface area contributed by atoms with Gasteiger partial charge in [0.2, 0.25) is 0 Å². The highest BCUT2D eigenvalue weighted by molar-refractivity contribution is 9.10. The van der Waals surface area contributed by atoms with Crippen LogP contribution >= 0.6 is 15.9 Å². The van der Waals surface area contributed by atoms with E-state index < -0.39 is 0 Å². The van der Waals surface area contributed by atoms with Gasteiger partial charge in [0, 0.05) is 6.04 Å². The third-order valence-electron chi connectivity index (χ3n) is 3.84. The van der Waals surface area contributed by atoms with E-state index in [-0.39, 0.29) is 22.8 Å². The highest BCUT2D eigenvalue weighted by Gasteiger charge is 2.39. The Morgan fingerprint density at radius 3 is 2.40 bits per heavy atom. The number of nitrogens with one attached hydrogen (secondary N) is 1. The van der Waals surface area contributed by atoms with Crippen molar-refractivity contribution in [3.63, 3.8) is 0 Å². The van der Waals surface area contributed by atoms with Crippen LogP contribution in [0.3, 0.4) is 0 Å². The van der Waals surface area contributed by atoms with E-state index in [2.05, 4.69) is 53.9 Å². The molecule has 1 heterocycles. The zero-order chi connectivity index (χ0) is 15.0. The van der Waals surface area contributed by atoms with Crippen molar-refractivity contribution in [3.8, 4) is 0 Å². The van der Waals surface area contributed by atoms with Crippen molar-refractivity contribution in [2.45, 2.75) is 53.0 Å². The maximum absolute atomic E-state index is 12.3. The molecule has 4 heteroatoms. The van der Waals surface area contributed by atoms with Crippen molar-refractivity contribution < 1.29 is 4.79 Å². The Kier molecular flexibility index (Phi) is 4.24. The van der Waals surface area contributed by atoms with Crippen molar-refractivity contribution >= 4 is 21.8 Å². The zero-order valence-corrected chi connectivity index (χ0v) is 14.3. The van der Waals surface area contributed by atoms with E-state index in [1.54, 1.807) is 6.07 Å². The van der Waals surface area contributed by atoms with Gasteiger partial charge in [-0.05, 0) is 58.2 Å². The third-order valence-corrected chi connectivity index (χ3v) is 4.28. The highest BCUT2D eigenvalue weighted by Crippen LogP contribution is 2.45. The van der Waals surface area contributed by atoms with E-state index >= 15 is 0 Å². The quantitative estimate of drug-likeness (QED) is 0.822. The molecule has 0 atom stereocenters. The van der Waals surface area contributed by atoms with E-state index in [1.165, 1.54) is 6.42 Å². The van der Waals surface area contributed by atoms with Crippen molar-refractivity contribution in [2.75, 3.05) is 0 Å². The molecule has 0 bridgehead atoms. The smallest absolute Gasteiger partial charge is 0.270 e. The van der Waals surface area contributed by atoms with Gasteiger partial charge in [0.05, 0.1) is 0 Å². The van der Waals surface area contributed by atoms with Crippen LogP contribution in [0.5, 0.6) is 0 Å². The van der Waals surface area contributed by atoms with Gasteiger partial charge in [-0.25, -0.2) is 4.98 Å². The summed E-state index contributed by atoms with van der Waals surface area (Å²) in [5.74, 6) is -0.0789. The van der Waals surface area contributed by atoms with Crippen LogP contribution in [0.2, 0.25) is 0 Å². The van der Waals surface area contributed by atoms with Crippen LogP contribution in [0.15, 0.2) is 22.8 Å². The number of carbonyl (C=O) groups excluding carboxylic acids is 1. The molecule has 0 radical (unpaired) electrons. The van der Waals surface area contributed by atoms with E-state index in [4.69, 9.17) is 0 Å². The van der Waals surface area contributed by atoms with Gasteiger partial charge in [0.1, 0.15) is 10.3 Å². The molecule has 3 nitrogen and oxygen atoms in total. The van der Waals surface area contributed by atoms with E-state index in [0.29, 0.717) is 10.3 Å². The predicted molar refractivity (Wildman–Crippen MR) is 84.6 cm³/mol. The molecule has 20 heavy (non-hydrogen) atoms. The standard InChI is InChI=1S/C16H23BrN2O/c1-15(2)8-11(9-16(3,4)10-15)18-14(20)12-6-5-7-13(17)19-12/h5-7,11H,8-10H2,1-4H3,(H,18,20). The molecule has 0 saturated heterocycles. The number of amides is 1. The lowest BCUT2D eigenvalue weighted by atomic mass is 9.63. The molecule has 110 valence electrons. The predicted octanol–water partition coefficient (Wildman–Crippen LogP) is 4.18. The summed E-state index contributed by atoms with van der Waals surface area (Å²) in [5, 5.41) is 3.15. The molecule has 1 aliphatic rings. The van der Waals surface area contributed by atoms with E-state index in [9.17, 15) is 4.79 Å². The second kappa shape index (κ2) is 5.47. The van der Waals surface area contributed by atoms with Crippen LogP contribution in [-0.2, 0) is 0 Å². The van der Waals surface area contributed by atoms with Gasteiger partial charge in [-0.15, -0.1) is 0 Å². The van der Waals surface area contributed by atoms with Gasteiger partial charge in [-0.1, -0.05) is 33.8 Å². The molecule has 0 aromatic carbocycles. The SMILES string of the molecule is CC1(C)CC(NC(=O)c2cccc(Br)n2)CC(C)(C)C1. The maximum Gasteiger partial charge on any atom is 0.270 e. The molecule has 1 saturated carbocycles. The van der Waals surface area contributed by atoms with Gasteiger partial charge < -0.3 is 5.32 Å². The minimum absolute atomic E-state index is 0.0789. The van der Waals surface area contributed by atoms with Crippen LogP contribution in [0.4, 0.5) is 0 Å². The fraction of sp³-hybridized carbons (Fsp3) is 0.625. The van der Waals surface area contributed by atoms with Gasteiger partial charge in [-0.2, -0.15) is 0 Å². The first-order valence-corrected chi connectivity index (χ1v) is 7.90. The molecule has 1 aliphatic carbocycles. The first kappa shape index (κ1) is 15.5. The first-order valence-electron chi connectivity index (χ1n) is 7.10. The largest absolute Gasteiger partial charge is 0.348 e. The van der Waals surface area contributed by atoms with Crippen molar-refractivity contribution in [2.24, 2.45) is 10.8 Å². The topological polar surface area (TPSA) is 42.0 Å². The van der Waals surface area contributed by atoms with Crippen LogP contribution in [0.1, 0.15) is 57.4 Å². The number of carbonyl (C=O) groups is 1. The average Bonchev–Trinajstić information content (AvgIpc) is 2.24. The Labute approximate surface area is 129 Å². The van der Waals surface area contributed by atoms with Gasteiger partial charge in [0.25, 0.3) is 5.91 Å². The summed E-state index contributed by atoms with van der Waals surface area (Å²) in [6.07, 6.45) is 3.24. The monoisotopic (exact) mass is 338 g/mol. The van der Waals surface area contributed by atoms with Crippen molar-refractivity contribution in [1.82, 2.24) is 10.3 Å². The summed E-state index contributed by atoms with van der Waals surface area (Å²) in [4.78, 5) is 16.5. The number of halogens is 1. The minimum atomic E-state index is -0.0789. The second-order valence-electron chi connectivity index (χ2n) is 7.43. The van der Waals surface area contributed by atoms with E-state index in [0.717, 1.165) is 12.8 Å². The number of hydrogen-bond acceptors (Lipinski definition) is 2. The summed E-state index contributed by atoms with van der Waals surface area (Å²) in [6, 6.07) is 5.63. The van der Waals surface area contributed by atoms with Crippen molar-refractivity contribution in [3.05, 3.63) is 28.5 Å². The van der Waals surface area contributed by atoms with Crippen molar-refractivity contribution in [1.29, 1.82) is 0 Å². The van der Waals surface area contributed by atoms with Crippen LogP contribution in [0.25, 0.3) is 0 Å². The maximum atomic E-state index is 12.3. The fourth-order valence-electron chi connectivity index (χ4n) is 3.74. The molecule has 1 amide bonds. The lowest BCUT2D eigenvalue weighted by molar-refractivity contribution is 0.0710. The average molecular weight is 339 g/mol. The molecule has 0 unspecified atom stereocenters. The Bertz CT molecular complexity index is 495. The summed E-state index contributed by atoms with van der Waals surface area (Å²) in [7, 11) is 0. The summed E-state index contributed by atoms with van der Waals surface area (Å²) in [6.45, 7) is 9.13. The van der Waals surface area contributed by atoms with Gasteiger partial charge in [0.15, 0.2) is 0 Å². The summed E-state index contributed by atoms with van der Waals surface area (Å²) in [5.41, 5.74) is 1.01. The molecule has 1 N–H and O–H groups in total. The molecule has 0 spiro atoms. The van der Waals surface area contributed by atoms with Gasteiger partial charge >= 0.3 is 0 Å². The molecular formula is C16H23BrN2O. The Morgan fingerprint density at radius 1 is 1.25 bits per heavy atom. The molecular weight excluding hydrogens is 316 g/mol. The third kappa shape index (κ3) is 4.05. The lowest BCUT2D eigenvalue weighted by Crippen LogP contribution is -2.46. The molecule has 2 rings (SSSR count). The second-order valence-corrected chi connectivity index (χ2v) is 8.24. The zero-order valence-electron chi connectivity index (χ0n) is 12.7. The highest BCUT2D eigenvalue weighted by atomic mass is 79.9. The summed E-state index contributed by atoms with van der Waals surface area (Å²) >= 11 is 3.30. The first-order chi connectivity index (χ1) is 9.17. The molecule has 1 fully saturated rings. The number of rotatable bonds is 2. The van der Waals surface area contributed by atoms with Gasteiger partial charge in [-0.3, -0.25) is 4.79 Å². The molecule has 1 aromatic heterocycles. The number of nitrogens with zero attached hydrogens (tertiary/aromatic N) is 1. The molecule has 0 aliphatic heterocycles. The molecule has 1 aromatic rings. The lowest BCUT2D eigenvalue weighted by Gasteiger charge is -2.45. The Hall–Kier alpha value is -0.900. The van der Waals surface area contributed by atoms with Crippen LogP contribution in [-0.4, -0.2) is 16.9 Å².